The molecule has 37 heavy (non-hydrogen) atoms. The van der Waals surface area contributed by atoms with E-state index in [1.807, 2.05) is 13.0 Å². The Kier molecular flexibility index (Phi) is 7.22. The number of rotatable bonds is 6. The number of pyridine rings is 1. The summed E-state index contributed by atoms with van der Waals surface area (Å²) < 4.78 is 58.0. The first-order chi connectivity index (χ1) is 17.4. The third-order valence-electron chi connectivity index (χ3n) is 5.79. The number of alkyl halides is 3. The van der Waals surface area contributed by atoms with E-state index in [9.17, 15) is 22.4 Å². The monoisotopic (exact) mass is 531 g/mol. The van der Waals surface area contributed by atoms with Crippen molar-refractivity contribution in [3.8, 4) is 11.3 Å². The number of halogens is 5. The minimum Gasteiger partial charge on any atom is -0.347 e. The zero-order valence-corrected chi connectivity index (χ0v) is 20.6. The first-order valence-electron chi connectivity index (χ1n) is 11.1. The van der Waals surface area contributed by atoms with E-state index < -0.39 is 23.5 Å². The lowest BCUT2D eigenvalue weighted by Gasteiger charge is -2.15. The SMILES string of the molecule is Cc1cc(CNC(=O)c2cc(Cn3ccn(C)c3=N)cc(-c3ccc(F)cc3C(F)(F)F)n2)ccc1Cl. The molecule has 0 fully saturated rings. The number of aryl methyl sites for hydroxylation is 2. The lowest BCUT2D eigenvalue weighted by atomic mass is 10.0. The van der Waals surface area contributed by atoms with Crippen LogP contribution < -0.4 is 10.9 Å². The predicted octanol–water partition coefficient (Wildman–Crippen LogP) is 5.47. The van der Waals surface area contributed by atoms with Gasteiger partial charge in [0.1, 0.15) is 11.5 Å². The van der Waals surface area contributed by atoms with Crippen LogP contribution in [0.4, 0.5) is 17.6 Å². The largest absolute Gasteiger partial charge is 0.417 e. The molecule has 0 radical (unpaired) electrons. The van der Waals surface area contributed by atoms with Gasteiger partial charge in [-0.05, 0) is 60.0 Å². The van der Waals surface area contributed by atoms with Crippen LogP contribution in [0.5, 0.6) is 0 Å². The molecule has 2 aromatic carbocycles. The first-order valence-corrected chi connectivity index (χ1v) is 11.5. The average molecular weight is 532 g/mol. The van der Waals surface area contributed by atoms with Crippen LogP contribution >= 0.6 is 11.6 Å². The van der Waals surface area contributed by atoms with Crippen molar-refractivity contribution in [1.82, 2.24) is 19.4 Å². The number of benzene rings is 2. The van der Waals surface area contributed by atoms with E-state index in [4.69, 9.17) is 17.0 Å². The van der Waals surface area contributed by atoms with E-state index in [2.05, 4.69) is 10.3 Å². The highest BCUT2D eigenvalue weighted by Crippen LogP contribution is 2.37. The number of carbonyl (C=O) groups is 1. The highest BCUT2D eigenvalue weighted by molar-refractivity contribution is 6.31. The van der Waals surface area contributed by atoms with Crippen molar-refractivity contribution in [3.63, 3.8) is 0 Å². The van der Waals surface area contributed by atoms with Gasteiger partial charge < -0.3 is 14.5 Å². The maximum atomic E-state index is 13.7. The van der Waals surface area contributed by atoms with Crippen LogP contribution in [0.1, 0.15) is 32.7 Å². The maximum absolute atomic E-state index is 13.7. The molecule has 1 amide bonds. The number of aromatic nitrogens is 3. The number of nitrogens with zero attached hydrogens (tertiary/aromatic N) is 3. The van der Waals surface area contributed by atoms with E-state index in [0.717, 1.165) is 23.3 Å². The molecule has 0 aliphatic heterocycles. The predicted molar refractivity (Wildman–Crippen MR) is 130 cm³/mol. The Morgan fingerprint density at radius 2 is 1.84 bits per heavy atom. The van der Waals surface area contributed by atoms with E-state index in [0.29, 0.717) is 16.7 Å². The van der Waals surface area contributed by atoms with Crippen molar-refractivity contribution in [2.45, 2.75) is 26.2 Å². The summed E-state index contributed by atoms with van der Waals surface area (Å²) in [5, 5.41) is 11.5. The lowest BCUT2D eigenvalue weighted by molar-refractivity contribution is -0.137. The molecule has 0 saturated heterocycles. The standard InChI is InChI=1S/C26H22ClF4N5O/c1-15-9-16(3-6-21(15)27)13-33-24(37)23-11-17(14-36-8-7-35(2)25(36)32)10-22(34-23)19-5-4-18(28)12-20(19)26(29,30)31/h3-12,32H,13-14H2,1-2H3,(H,33,37). The molecule has 0 aliphatic rings. The van der Waals surface area contributed by atoms with Crippen LogP contribution in [0, 0.1) is 18.2 Å². The van der Waals surface area contributed by atoms with Gasteiger partial charge in [0.05, 0.1) is 17.8 Å². The normalized spacial score (nSPS) is 11.5. The molecule has 2 heterocycles. The van der Waals surface area contributed by atoms with Gasteiger partial charge in [-0.3, -0.25) is 10.2 Å². The van der Waals surface area contributed by atoms with Gasteiger partial charge in [-0.25, -0.2) is 9.37 Å². The minimum atomic E-state index is -4.84. The molecule has 0 atom stereocenters. The smallest absolute Gasteiger partial charge is 0.347 e. The zero-order valence-electron chi connectivity index (χ0n) is 19.8. The molecule has 4 aromatic rings. The third kappa shape index (κ3) is 5.91. The summed E-state index contributed by atoms with van der Waals surface area (Å²) in [5.74, 6) is -1.64. The summed E-state index contributed by atoms with van der Waals surface area (Å²) in [6.07, 6.45) is -1.54. The van der Waals surface area contributed by atoms with Crippen LogP contribution in [0.2, 0.25) is 5.02 Å². The number of nitrogens with one attached hydrogen (secondary N) is 2. The Balaban J connectivity index is 1.75. The Labute approximate surface area is 214 Å². The van der Waals surface area contributed by atoms with Gasteiger partial charge in [-0.15, -0.1) is 0 Å². The molecular formula is C26H22ClF4N5O. The van der Waals surface area contributed by atoms with Crippen LogP contribution in [-0.4, -0.2) is 20.0 Å². The van der Waals surface area contributed by atoms with Gasteiger partial charge in [-0.2, -0.15) is 13.2 Å². The average Bonchev–Trinajstić information content (AvgIpc) is 3.16. The highest BCUT2D eigenvalue weighted by Gasteiger charge is 2.34. The van der Waals surface area contributed by atoms with Gasteiger partial charge in [0.15, 0.2) is 0 Å². The summed E-state index contributed by atoms with van der Waals surface area (Å²) >= 11 is 6.05. The van der Waals surface area contributed by atoms with Crippen molar-refractivity contribution in [2.75, 3.05) is 0 Å². The second-order valence-electron chi connectivity index (χ2n) is 8.56. The molecule has 2 aromatic heterocycles. The van der Waals surface area contributed by atoms with Crippen LogP contribution in [0.3, 0.4) is 0 Å². The number of hydrogen-bond donors (Lipinski definition) is 2. The molecule has 0 unspecified atom stereocenters. The number of imidazole rings is 1. The fraction of sp³-hybridized carbons (Fsp3) is 0.192. The van der Waals surface area contributed by atoms with Gasteiger partial charge in [0, 0.05) is 36.6 Å². The fourth-order valence-corrected chi connectivity index (χ4v) is 3.96. The molecule has 11 heteroatoms. The molecule has 0 bridgehead atoms. The highest BCUT2D eigenvalue weighted by atomic mass is 35.5. The summed E-state index contributed by atoms with van der Waals surface area (Å²) in [6.45, 7) is 2.08. The van der Waals surface area contributed by atoms with Gasteiger partial charge >= 0.3 is 6.18 Å². The van der Waals surface area contributed by atoms with Crippen molar-refractivity contribution >= 4 is 17.5 Å². The van der Waals surface area contributed by atoms with Crippen molar-refractivity contribution in [1.29, 1.82) is 5.41 Å². The van der Waals surface area contributed by atoms with Crippen molar-refractivity contribution in [3.05, 3.63) is 105 Å². The molecule has 0 spiro atoms. The molecule has 4 rings (SSSR count). The molecule has 6 nitrogen and oxygen atoms in total. The van der Waals surface area contributed by atoms with E-state index in [1.165, 1.54) is 12.1 Å². The summed E-state index contributed by atoms with van der Waals surface area (Å²) in [7, 11) is 1.68. The van der Waals surface area contributed by atoms with Gasteiger partial charge in [-0.1, -0.05) is 23.7 Å². The van der Waals surface area contributed by atoms with E-state index in [-0.39, 0.29) is 35.7 Å². The molecule has 2 N–H and O–H groups in total. The second kappa shape index (κ2) is 10.2. The van der Waals surface area contributed by atoms with Crippen molar-refractivity contribution < 1.29 is 22.4 Å². The van der Waals surface area contributed by atoms with Crippen LogP contribution in [0.15, 0.2) is 60.9 Å². The number of hydrogen-bond acceptors (Lipinski definition) is 3. The Hall–Kier alpha value is -3.92. The van der Waals surface area contributed by atoms with Crippen molar-refractivity contribution in [2.24, 2.45) is 7.05 Å². The molecule has 0 aliphatic carbocycles. The Morgan fingerprint density at radius 3 is 2.49 bits per heavy atom. The first kappa shape index (κ1) is 26.2. The van der Waals surface area contributed by atoms with Crippen LogP contribution in [-0.2, 0) is 26.3 Å². The Morgan fingerprint density at radius 1 is 1.08 bits per heavy atom. The minimum absolute atomic E-state index is 0.106. The molecule has 0 saturated carbocycles. The number of amides is 1. The number of carbonyl (C=O) groups excluding carboxylic acids is 1. The quantitative estimate of drug-likeness (QED) is 0.324. The Bertz CT molecular complexity index is 1540. The summed E-state index contributed by atoms with van der Waals surface area (Å²) in [6, 6.07) is 10.4. The molecular weight excluding hydrogens is 510 g/mol. The van der Waals surface area contributed by atoms with Gasteiger partial charge in [0.2, 0.25) is 5.62 Å². The zero-order chi connectivity index (χ0) is 26.9. The van der Waals surface area contributed by atoms with E-state index in [1.54, 1.807) is 40.7 Å². The summed E-state index contributed by atoms with van der Waals surface area (Å²) in [5.41, 5.74) is 0.399. The van der Waals surface area contributed by atoms with E-state index >= 15 is 0 Å². The third-order valence-corrected chi connectivity index (χ3v) is 6.21. The lowest BCUT2D eigenvalue weighted by Crippen LogP contribution is -2.25. The second-order valence-corrected chi connectivity index (χ2v) is 8.97. The fourth-order valence-electron chi connectivity index (χ4n) is 3.85. The topological polar surface area (TPSA) is 75.7 Å². The van der Waals surface area contributed by atoms with Gasteiger partial charge in [0.25, 0.3) is 5.91 Å². The maximum Gasteiger partial charge on any atom is 0.417 e. The molecule has 192 valence electrons. The van der Waals surface area contributed by atoms with Crippen LogP contribution in [0.25, 0.3) is 11.3 Å². The summed E-state index contributed by atoms with van der Waals surface area (Å²) in [4.78, 5) is 17.2.